The molecule has 0 bridgehead atoms. The van der Waals surface area contributed by atoms with E-state index in [0.29, 0.717) is 17.2 Å². The zero-order valence-electron chi connectivity index (χ0n) is 16.1. The van der Waals surface area contributed by atoms with Crippen LogP contribution in [0.1, 0.15) is 23.0 Å². The highest BCUT2D eigenvalue weighted by Crippen LogP contribution is 2.33. The van der Waals surface area contributed by atoms with Gasteiger partial charge in [0.05, 0.1) is 23.0 Å². The summed E-state index contributed by atoms with van der Waals surface area (Å²) in [4.78, 5) is 22.2. The van der Waals surface area contributed by atoms with Crippen molar-refractivity contribution in [3.05, 3.63) is 72.2 Å². The van der Waals surface area contributed by atoms with E-state index in [4.69, 9.17) is 9.40 Å². The van der Waals surface area contributed by atoms with Gasteiger partial charge in [-0.1, -0.05) is 18.3 Å². The Balaban J connectivity index is 1.70. The van der Waals surface area contributed by atoms with Gasteiger partial charge in [0.25, 0.3) is 5.91 Å². The standard InChI is InChI=1S/C22H20N2O2S3/c1-3-28-17-8-6-15(7-9-17)21(25)24(14-16-5-4-12-26-16)22-23-19-11-10-18(27-2)13-20(19)29-22/h4-13H,3,14H2,1-2H3. The minimum atomic E-state index is -0.0846. The Bertz CT molecular complexity index is 1110. The van der Waals surface area contributed by atoms with Gasteiger partial charge in [-0.3, -0.25) is 9.69 Å². The molecule has 0 radical (unpaired) electrons. The van der Waals surface area contributed by atoms with E-state index in [1.54, 1.807) is 34.7 Å². The molecule has 1 amide bonds. The van der Waals surface area contributed by atoms with E-state index in [0.717, 1.165) is 26.6 Å². The number of carbonyl (C=O) groups is 1. The first-order valence-electron chi connectivity index (χ1n) is 9.19. The highest BCUT2D eigenvalue weighted by Gasteiger charge is 2.23. The number of hydrogen-bond acceptors (Lipinski definition) is 6. The van der Waals surface area contributed by atoms with Crippen LogP contribution in [0, 0.1) is 0 Å². The van der Waals surface area contributed by atoms with Crippen molar-refractivity contribution in [2.45, 2.75) is 23.3 Å². The van der Waals surface area contributed by atoms with Gasteiger partial charge in [-0.25, -0.2) is 4.98 Å². The number of amides is 1. The third-order valence-electron chi connectivity index (χ3n) is 4.37. The van der Waals surface area contributed by atoms with Gasteiger partial charge in [0.2, 0.25) is 0 Å². The lowest BCUT2D eigenvalue weighted by molar-refractivity contribution is 0.0983. The maximum atomic E-state index is 13.4. The molecule has 148 valence electrons. The van der Waals surface area contributed by atoms with Gasteiger partial charge < -0.3 is 4.42 Å². The van der Waals surface area contributed by atoms with Crippen LogP contribution in [-0.4, -0.2) is 22.9 Å². The zero-order chi connectivity index (χ0) is 20.2. The van der Waals surface area contributed by atoms with Gasteiger partial charge in [0.15, 0.2) is 5.13 Å². The molecule has 0 aliphatic heterocycles. The maximum Gasteiger partial charge on any atom is 0.260 e. The van der Waals surface area contributed by atoms with E-state index < -0.39 is 0 Å². The summed E-state index contributed by atoms with van der Waals surface area (Å²) in [7, 11) is 0. The second kappa shape index (κ2) is 9.07. The lowest BCUT2D eigenvalue weighted by Gasteiger charge is -2.19. The summed E-state index contributed by atoms with van der Waals surface area (Å²) >= 11 is 4.98. The summed E-state index contributed by atoms with van der Waals surface area (Å²) in [5.41, 5.74) is 1.54. The lowest BCUT2D eigenvalue weighted by atomic mass is 10.2. The molecular formula is C22H20N2O2S3. The molecule has 0 atom stereocenters. The van der Waals surface area contributed by atoms with Crippen LogP contribution < -0.4 is 4.90 Å². The van der Waals surface area contributed by atoms with Crippen molar-refractivity contribution in [2.24, 2.45) is 0 Å². The number of rotatable bonds is 7. The Kier molecular flexibility index (Phi) is 6.28. The monoisotopic (exact) mass is 440 g/mol. The van der Waals surface area contributed by atoms with Crippen LogP contribution in [-0.2, 0) is 6.54 Å². The summed E-state index contributed by atoms with van der Waals surface area (Å²) in [6, 6.07) is 17.6. The Morgan fingerprint density at radius 1 is 1.14 bits per heavy atom. The average molecular weight is 441 g/mol. The fraction of sp³-hybridized carbons (Fsp3) is 0.182. The number of aromatic nitrogens is 1. The second-order valence-electron chi connectivity index (χ2n) is 6.26. The van der Waals surface area contributed by atoms with Crippen LogP contribution in [0.5, 0.6) is 0 Å². The largest absolute Gasteiger partial charge is 0.467 e. The number of nitrogens with zero attached hydrogens (tertiary/aromatic N) is 2. The molecule has 2 aromatic heterocycles. The van der Waals surface area contributed by atoms with Crippen LogP contribution >= 0.6 is 34.9 Å². The normalized spacial score (nSPS) is 11.1. The van der Waals surface area contributed by atoms with Crippen molar-refractivity contribution in [3.8, 4) is 0 Å². The molecule has 7 heteroatoms. The van der Waals surface area contributed by atoms with Crippen LogP contribution in [0.4, 0.5) is 5.13 Å². The van der Waals surface area contributed by atoms with Crippen molar-refractivity contribution in [1.29, 1.82) is 0 Å². The van der Waals surface area contributed by atoms with Gasteiger partial charge in [0, 0.05) is 15.4 Å². The Morgan fingerprint density at radius 3 is 2.62 bits per heavy atom. The van der Waals surface area contributed by atoms with Crippen molar-refractivity contribution in [2.75, 3.05) is 16.9 Å². The number of thiazole rings is 1. The predicted octanol–water partition coefficient (Wildman–Crippen LogP) is 6.57. The molecule has 2 aromatic carbocycles. The van der Waals surface area contributed by atoms with Crippen molar-refractivity contribution >= 4 is 56.1 Å². The topological polar surface area (TPSA) is 46.3 Å². The summed E-state index contributed by atoms with van der Waals surface area (Å²) in [6.07, 6.45) is 3.67. The third-order valence-corrected chi connectivity index (χ3v) is 7.03. The molecule has 0 saturated carbocycles. The molecule has 0 unspecified atom stereocenters. The molecule has 0 N–H and O–H groups in total. The van der Waals surface area contributed by atoms with E-state index in [1.165, 1.54) is 16.2 Å². The highest BCUT2D eigenvalue weighted by molar-refractivity contribution is 7.99. The zero-order valence-corrected chi connectivity index (χ0v) is 18.6. The first-order chi connectivity index (χ1) is 14.2. The Morgan fingerprint density at radius 2 is 1.93 bits per heavy atom. The molecule has 0 spiro atoms. The number of fused-ring (bicyclic) bond motifs is 1. The molecular weight excluding hydrogens is 420 g/mol. The summed E-state index contributed by atoms with van der Waals surface area (Å²) < 4.78 is 6.58. The number of carbonyl (C=O) groups excluding carboxylic acids is 1. The minimum absolute atomic E-state index is 0.0846. The van der Waals surface area contributed by atoms with Gasteiger partial charge in [-0.2, -0.15) is 0 Å². The smallest absolute Gasteiger partial charge is 0.260 e. The van der Waals surface area contributed by atoms with E-state index in [1.807, 2.05) is 42.5 Å². The molecule has 4 nitrogen and oxygen atoms in total. The van der Waals surface area contributed by atoms with E-state index in [2.05, 4.69) is 25.3 Å². The fourth-order valence-corrected chi connectivity index (χ4v) is 5.11. The number of hydrogen-bond donors (Lipinski definition) is 0. The molecule has 29 heavy (non-hydrogen) atoms. The number of furan rings is 1. The lowest BCUT2D eigenvalue weighted by Crippen LogP contribution is -2.30. The van der Waals surface area contributed by atoms with Crippen LogP contribution in [0.3, 0.4) is 0 Å². The van der Waals surface area contributed by atoms with Crippen molar-refractivity contribution < 1.29 is 9.21 Å². The van der Waals surface area contributed by atoms with Gasteiger partial charge in [0.1, 0.15) is 5.76 Å². The predicted molar refractivity (Wildman–Crippen MR) is 123 cm³/mol. The molecule has 4 aromatic rings. The maximum absolute atomic E-state index is 13.4. The quantitative estimate of drug-likeness (QED) is 0.304. The van der Waals surface area contributed by atoms with E-state index >= 15 is 0 Å². The molecule has 0 fully saturated rings. The Hall–Kier alpha value is -2.22. The minimum Gasteiger partial charge on any atom is -0.467 e. The van der Waals surface area contributed by atoms with Gasteiger partial charge in [-0.15, -0.1) is 23.5 Å². The summed E-state index contributed by atoms with van der Waals surface area (Å²) in [5.74, 6) is 1.64. The van der Waals surface area contributed by atoms with Crippen LogP contribution in [0.15, 0.2) is 75.1 Å². The van der Waals surface area contributed by atoms with Crippen LogP contribution in [0.25, 0.3) is 10.2 Å². The molecule has 2 heterocycles. The van der Waals surface area contributed by atoms with Crippen molar-refractivity contribution in [3.63, 3.8) is 0 Å². The van der Waals surface area contributed by atoms with Crippen LogP contribution in [0.2, 0.25) is 0 Å². The Labute approximate surface area is 182 Å². The summed E-state index contributed by atoms with van der Waals surface area (Å²) in [6.45, 7) is 2.46. The number of thioether (sulfide) groups is 2. The average Bonchev–Trinajstić information content (AvgIpc) is 3.41. The first kappa shape index (κ1) is 20.1. The van der Waals surface area contributed by atoms with E-state index in [9.17, 15) is 4.79 Å². The van der Waals surface area contributed by atoms with E-state index in [-0.39, 0.29) is 5.91 Å². The SMILES string of the molecule is CCSc1ccc(C(=O)N(Cc2ccco2)c2nc3ccc(SC)cc3s2)cc1. The number of benzene rings is 2. The molecule has 0 saturated heterocycles. The first-order valence-corrected chi connectivity index (χ1v) is 12.2. The summed E-state index contributed by atoms with van der Waals surface area (Å²) in [5, 5.41) is 0.673. The fourth-order valence-electron chi connectivity index (χ4n) is 2.94. The van der Waals surface area contributed by atoms with Gasteiger partial charge >= 0.3 is 0 Å². The third kappa shape index (κ3) is 4.52. The van der Waals surface area contributed by atoms with Gasteiger partial charge in [-0.05, 0) is 66.6 Å². The molecule has 4 rings (SSSR count). The molecule has 0 aliphatic carbocycles. The molecule has 0 aliphatic rings. The second-order valence-corrected chi connectivity index (χ2v) is 9.48. The highest BCUT2D eigenvalue weighted by atomic mass is 32.2. The number of anilines is 1. The van der Waals surface area contributed by atoms with Crippen molar-refractivity contribution in [1.82, 2.24) is 4.98 Å².